The molecule has 1 aliphatic rings. The fraction of sp³-hybridized carbons (Fsp3) is 0.440. The lowest BCUT2D eigenvalue weighted by Gasteiger charge is -2.34. The highest BCUT2D eigenvalue weighted by atomic mass is 35.5. The van der Waals surface area contributed by atoms with Gasteiger partial charge < -0.3 is 19.8 Å². The number of ether oxygens (including phenoxy) is 1. The van der Waals surface area contributed by atoms with E-state index in [0.717, 1.165) is 30.5 Å². The van der Waals surface area contributed by atoms with Crippen molar-refractivity contribution in [2.75, 3.05) is 18.0 Å². The second-order valence-corrected chi connectivity index (χ2v) is 10.2. The van der Waals surface area contributed by atoms with Crippen LogP contribution in [0.4, 0.5) is 16.4 Å². The molecule has 2 aromatic heterocycles. The van der Waals surface area contributed by atoms with Crippen molar-refractivity contribution >= 4 is 34.8 Å². The molecule has 3 aromatic rings. The highest BCUT2D eigenvalue weighted by Gasteiger charge is 2.29. The molecule has 1 N–H and O–H groups in total. The Hall–Kier alpha value is -3.51. The number of nitrogens with one attached hydrogen (secondary N) is 1. The number of benzene rings is 1. The zero-order valence-electron chi connectivity index (χ0n) is 20.3. The van der Waals surface area contributed by atoms with Crippen LogP contribution in [0.5, 0.6) is 0 Å². The number of alkyl carbamates (subject to hydrolysis) is 1. The first-order chi connectivity index (χ1) is 16.6. The lowest BCUT2D eigenvalue weighted by Crippen LogP contribution is -2.49. The van der Waals surface area contributed by atoms with Gasteiger partial charge in [-0.2, -0.15) is 5.10 Å². The van der Waals surface area contributed by atoms with Crippen LogP contribution >= 0.6 is 11.6 Å². The van der Waals surface area contributed by atoms with Crippen molar-refractivity contribution in [3.63, 3.8) is 0 Å². The third kappa shape index (κ3) is 5.28. The summed E-state index contributed by atoms with van der Waals surface area (Å²) in [6.45, 7) is 14.2. The van der Waals surface area contributed by atoms with Gasteiger partial charge >= 0.3 is 11.7 Å². The summed E-state index contributed by atoms with van der Waals surface area (Å²) in [5.74, 6) is 0.851. The monoisotopic (exact) mass is 496 g/mol. The Morgan fingerprint density at radius 1 is 1.34 bits per heavy atom. The Labute approximate surface area is 209 Å². The molecule has 0 spiro atoms. The van der Waals surface area contributed by atoms with Crippen molar-refractivity contribution in [1.82, 2.24) is 19.5 Å². The highest BCUT2D eigenvalue weighted by molar-refractivity contribution is 6.31. The number of nitrogens with zero attached hydrogens (tertiary/aromatic N) is 5. The minimum Gasteiger partial charge on any atom is -0.444 e. The Bertz CT molecular complexity index is 1360. The molecule has 0 unspecified atom stereocenters. The van der Waals surface area contributed by atoms with Gasteiger partial charge in [-0.3, -0.25) is 4.57 Å². The molecular formula is C25H29ClN6O3. The molecule has 1 atom stereocenters. The van der Waals surface area contributed by atoms with Gasteiger partial charge in [-0.15, -0.1) is 0 Å². The molecule has 0 bridgehead atoms. The average Bonchev–Trinajstić information content (AvgIpc) is 3.15. The van der Waals surface area contributed by atoms with Crippen molar-refractivity contribution in [1.29, 1.82) is 0 Å². The summed E-state index contributed by atoms with van der Waals surface area (Å²) < 4.78 is 8.27. The van der Waals surface area contributed by atoms with E-state index in [4.69, 9.17) is 28.0 Å². The maximum atomic E-state index is 13.3. The minimum absolute atomic E-state index is 0.127. The Morgan fingerprint density at radius 3 is 2.77 bits per heavy atom. The summed E-state index contributed by atoms with van der Waals surface area (Å²) in [5.41, 5.74) is 1.16. The first-order valence-electron chi connectivity index (χ1n) is 11.5. The third-order valence-electron chi connectivity index (χ3n) is 5.96. The average molecular weight is 497 g/mol. The van der Waals surface area contributed by atoms with Gasteiger partial charge in [0.2, 0.25) is 0 Å². The van der Waals surface area contributed by atoms with Crippen LogP contribution in [-0.4, -0.2) is 45.0 Å². The van der Waals surface area contributed by atoms with Crippen LogP contribution in [0, 0.1) is 6.57 Å². The molecule has 1 aromatic carbocycles. The van der Waals surface area contributed by atoms with Gasteiger partial charge in [0.15, 0.2) is 11.3 Å². The maximum Gasteiger partial charge on any atom is 0.407 e. The van der Waals surface area contributed by atoms with Crippen LogP contribution in [-0.2, 0) is 18.2 Å². The van der Waals surface area contributed by atoms with E-state index in [1.807, 2.05) is 45.0 Å². The normalized spacial score (nSPS) is 16.2. The van der Waals surface area contributed by atoms with Gasteiger partial charge in [0.25, 0.3) is 5.82 Å². The zero-order chi connectivity index (χ0) is 25.3. The maximum absolute atomic E-state index is 13.3. The number of carbonyl (C=O) groups excluding carboxylic acids is 1. The Morgan fingerprint density at radius 2 is 2.09 bits per heavy atom. The van der Waals surface area contributed by atoms with E-state index < -0.39 is 11.7 Å². The van der Waals surface area contributed by atoms with E-state index in [1.165, 1.54) is 9.08 Å². The molecule has 0 aliphatic carbocycles. The van der Waals surface area contributed by atoms with Gasteiger partial charge in [-0.05, 0) is 45.2 Å². The van der Waals surface area contributed by atoms with Gasteiger partial charge in [0.05, 0.1) is 13.2 Å². The minimum atomic E-state index is -0.581. The molecule has 0 radical (unpaired) electrons. The summed E-state index contributed by atoms with van der Waals surface area (Å²) in [5, 5.41) is 8.31. The predicted octanol–water partition coefficient (Wildman–Crippen LogP) is 4.32. The van der Waals surface area contributed by atoms with Gasteiger partial charge in [-0.25, -0.2) is 14.1 Å². The van der Waals surface area contributed by atoms with E-state index in [-0.39, 0.29) is 17.4 Å². The second-order valence-electron chi connectivity index (χ2n) is 9.76. The summed E-state index contributed by atoms with van der Waals surface area (Å²) >= 11 is 6.46. The number of hydrogen-bond donors (Lipinski definition) is 1. The number of halogens is 1. The smallest absolute Gasteiger partial charge is 0.407 e. The number of rotatable bonds is 4. The summed E-state index contributed by atoms with van der Waals surface area (Å²) in [4.78, 5) is 31.2. The van der Waals surface area contributed by atoms with Crippen LogP contribution in [0.3, 0.4) is 0 Å². The van der Waals surface area contributed by atoms with Gasteiger partial charge in [0.1, 0.15) is 5.60 Å². The first kappa shape index (κ1) is 24.6. The fourth-order valence-corrected chi connectivity index (χ4v) is 4.55. The third-order valence-corrected chi connectivity index (χ3v) is 6.33. The highest BCUT2D eigenvalue weighted by Crippen LogP contribution is 2.30. The molecule has 10 heteroatoms. The largest absolute Gasteiger partial charge is 0.444 e. The van der Waals surface area contributed by atoms with Gasteiger partial charge in [0, 0.05) is 36.1 Å². The number of anilines is 1. The van der Waals surface area contributed by atoms with Crippen LogP contribution < -0.4 is 15.8 Å². The quantitative estimate of drug-likeness (QED) is 0.544. The number of hydrogen-bond acceptors (Lipinski definition) is 5. The van der Waals surface area contributed by atoms with Crippen LogP contribution in [0.2, 0.25) is 5.02 Å². The number of fused-ring (bicyclic) bond motifs is 1. The lowest BCUT2D eigenvalue weighted by atomic mass is 10.0. The number of amides is 1. The molecular weight excluding hydrogens is 468 g/mol. The number of piperidine rings is 1. The van der Waals surface area contributed by atoms with Crippen molar-refractivity contribution in [2.45, 2.75) is 51.7 Å². The molecule has 184 valence electrons. The van der Waals surface area contributed by atoms with Gasteiger partial charge in [-0.1, -0.05) is 36.4 Å². The molecule has 3 heterocycles. The van der Waals surface area contributed by atoms with Crippen molar-refractivity contribution in [3.05, 3.63) is 68.4 Å². The molecule has 1 aliphatic heterocycles. The fourth-order valence-electron chi connectivity index (χ4n) is 4.35. The summed E-state index contributed by atoms with van der Waals surface area (Å²) in [6.07, 6.45) is 3.18. The Balaban J connectivity index is 1.74. The van der Waals surface area contributed by atoms with Crippen molar-refractivity contribution in [3.8, 4) is 0 Å². The standard InChI is InChI=1S/C25H29ClN6O3/c1-25(2,3)35-24(34)28-17-10-8-12-31(14-17)22-18(13-16-9-6-7-11-19(16)26)21-23(33)30(5)20(27-4)15-32(21)29-22/h6-7,9,11,15,17H,8,10,12-14H2,1-3,5H3,(H,28,34)/t17-/m0/s1. The molecule has 0 saturated carbocycles. The zero-order valence-corrected chi connectivity index (χ0v) is 21.1. The summed E-state index contributed by atoms with van der Waals surface area (Å²) in [6, 6.07) is 7.39. The second kappa shape index (κ2) is 9.62. The van der Waals surface area contributed by atoms with Crippen LogP contribution in [0.15, 0.2) is 35.3 Å². The predicted molar refractivity (Wildman–Crippen MR) is 136 cm³/mol. The van der Waals surface area contributed by atoms with Crippen LogP contribution in [0.1, 0.15) is 44.7 Å². The van der Waals surface area contributed by atoms with E-state index >= 15 is 0 Å². The molecule has 9 nitrogen and oxygen atoms in total. The molecule has 35 heavy (non-hydrogen) atoms. The SMILES string of the molecule is [C-]#[N+]c1cn2nc(N3CCC[C@H](NC(=O)OC(C)(C)C)C3)c(Cc3ccccc3Cl)c2c(=O)n1C. The first-order valence-corrected chi connectivity index (χ1v) is 11.9. The number of carbonyl (C=O) groups is 1. The summed E-state index contributed by atoms with van der Waals surface area (Å²) in [7, 11) is 1.59. The van der Waals surface area contributed by atoms with E-state index in [2.05, 4.69) is 15.1 Å². The van der Waals surface area contributed by atoms with E-state index in [9.17, 15) is 9.59 Å². The van der Waals surface area contributed by atoms with Crippen molar-refractivity contribution in [2.24, 2.45) is 7.05 Å². The lowest BCUT2D eigenvalue weighted by molar-refractivity contribution is 0.0500. The van der Waals surface area contributed by atoms with E-state index in [1.54, 1.807) is 13.2 Å². The molecule has 1 amide bonds. The molecule has 1 saturated heterocycles. The topological polar surface area (TPSA) is 85.2 Å². The Kier molecular flexibility index (Phi) is 6.77. The van der Waals surface area contributed by atoms with Crippen LogP contribution in [0.25, 0.3) is 10.4 Å². The number of aromatic nitrogens is 3. The molecule has 1 fully saturated rings. The van der Waals surface area contributed by atoms with E-state index in [0.29, 0.717) is 29.3 Å². The molecule has 4 rings (SSSR count). The van der Waals surface area contributed by atoms with Crippen molar-refractivity contribution < 1.29 is 9.53 Å².